The van der Waals surface area contributed by atoms with Gasteiger partial charge in [0.05, 0.1) is 23.3 Å². The summed E-state index contributed by atoms with van der Waals surface area (Å²) < 4.78 is 5.77. The summed E-state index contributed by atoms with van der Waals surface area (Å²) in [6.07, 6.45) is 5.01. The molecule has 1 atom stereocenters. The summed E-state index contributed by atoms with van der Waals surface area (Å²) >= 11 is 0. The number of aryl methyl sites for hydroxylation is 3. The summed E-state index contributed by atoms with van der Waals surface area (Å²) in [6, 6.07) is 0.242. The summed E-state index contributed by atoms with van der Waals surface area (Å²) in [4.78, 5) is 0. The maximum atomic E-state index is 4.76. The van der Waals surface area contributed by atoms with E-state index in [9.17, 15) is 0 Å². The van der Waals surface area contributed by atoms with Crippen molar-refractivity contribution in [2.75, 3.05) is 11.9 Å². The van der Waals surface area contributed by atoms with Crippen LogP contribution in [0.1, 0.15) is 23.7 Å². The van der Waals surface area contributed by atoms with Gasteiger partial charge < -0.3 is 5.32 Å². The van der Waals surface area contributed by atoms with Gasteiger partial charge in [-0.1, -0.05) is 0 Å². The third kappa shape index (κ3) is 1.43. The van der Waals surface area contributed by atoms with Crippen LogP contribution in [0.15, 0.2) is 12.4 Å². The number of fused-ring (bicyclic) bond motifs is 3. The lowest BCUT2D eigenvalue weighted by Crippen LogP contribution is -2.24. The second-order valence-electron chi connectivity index (χ2n) is 5.38. The van der Waals surface area contributed by atoms with Gasteiger partial charge in [0.25, 0.3) is 0 Å². The molecular formula is C13H17N7. The molecule has 1 aliphatic heterocycles. The lowest BCUT2D eigenvalue weighted by atomic mass is 10.1. The molecule has 1 aliphatic rings. The molecule has 0 saturated heterocycles. The van der Waals surface area contributed by atoms with Crippen LogP contribution in [0.25, 0.3) is 11.0 Å². The zero-order chi connectivity index (χ0) is 13.9. The van der Waals surface area contributed by atoms with Crippen molar-refractivity contribution in [3.05, 3.63) is 23.7 Å². The van der Waals surface area contributed by atoms with Crippen molar-refractivity contribution in [3.63, 3.8) is 0 Å². The number of nitrogens with one attached hydrogen (secondary N) is 1. The van der Waals surface area contributed by atoms with E-state index in [-0.39, 0.29) is 6.04 Å². The fourth-order valence-corrected chi connectivity index (χ4v) is 3.07. The van der Waals surface area contributed by atoms with Crippen LogP contribution in [0.5, 0.6) is 0 Å². The van der Waals surface area contributed by atoms with Crippen LogP contribution in [0, 0.1) is 6.92 Å². The van der Waals surface area contributed by atoms with Crippen LogP contribution in [0.4, 0.5) is 5.82 Å². The molecule has 3 aromatic heterocycles. The van der Waals surface area contributed by atoms with Crippen LogP contribution in [0.2, 0.25) is 0 Å². The summed E-state index contributed by atoms with van der Waals surface area (Å²) in [7, 11) is 3.88. The van der Waals surface area contributed by atoms with E-state index < -0.39 is 0 Å². The zero-order valence-electron chi connectivity index (χ0n) is 11.8. The van der Waals surface area contributed by atoms with Gasteiger partial charge in [-0.3, -0.25) is 4.68 Å². The molecule has 0 amide bonds. The van der Waals surface area contributed by atoms with E-state index in [1.165, 1.54) is 5.56 Å². The number of hydrogen-bond donors (Lipinski definition) is 1. The highest BCUT2D eigenvalue weighted by atomic mass is 15.4. The monoisotopic (exact) mass is 271 g/mol. The Kier molecular flexibility index (Phi) is 2.21. The minimum Gasteiger partial charge on any atom is -0.370 e. The SMILES string of the molecule is Cc1nn(C)c2nn3c(c12)NCCC3c1cnn(C)c1. The Morgan fingerprint density at radius 3 is 2.90 bits per heavy atom. The Morgan fingerprint density at radius 1 is 1.30 bits per heavy atom. The normalized spacial score (nSPS) is 18.2. The average Bonchev–Trinajstić information content (AvgIpc) is 3.07. The molecule has 4 heterocycles. The Morgan fingerprint density at radius 2 is 2.15 bits per heavy atom. The van der Waals surface area contributed by atoms with Gasteiger partial charge in [0.15, 0.2) is 5.65 Å². The maximum absolute atomic E-state index is 4.76. The largest absolute Gasteiger partial charge is 0.370 e. The van der Waals surface area contributed by atoms with Gasteiger partial charge in [-0.25, -0.2) is 9.36 Å². The van der Waals surface area contributed by atoms with E-state index in [0.29, 0.717) is 0 Å². The van der Waals surface area contributed by atoms with Gasteiger partial charge in [-0.15, -0.1) is 0 Å². The van der Waals surface area contributed by atoms with E-state index in [1.807, 2.05) is 36.6 Å². The van der Waals surface area contributed by atoms with Crippen LogP contribution in [-0.2, 0) is 14.1 Å². The highest BCUT2D eigenvalue weighted by Crippen LogP contribution is 2.35. The fraction of sp³-hybridized carbons (Fsp3) is 0.462. The highest BCUT2D eigenvalue weighted by Gasteiger charge is 2.27. The first-order chi connectivity index (χ1) is 9.65. The number of rotatable bonds is 1. The van der Waals surface area contributed by atoms with Gasteiger partial charge in [-0.2, -0.15) is 15.3 Å². The molecule has 0 aliphatic carbocycles. The Labute approximate surface area is 116 Å². The predicted octanol–water partition coefficient (Wildman–Crippen LogP) is 1.22. The molecular weight excluding hydrogens is 254 g/mol. The quantitative estimate of drug-likeness (QED) is 0.722. The summed E-state index contributed by atoms with van der Waals surface area (Å²) in [5.41, 5.74) is 3.15. The molecule has 20 heavy (non-hydrogen) atoms. The average molecular weight is 271 g/mol. The van der Waals surface area contributed by atoms with E-state index in [2.05, 4.69) is 26.4 Å². The summed E-state index contributed by atoms with van der Waals surface area (Å²) in [5.74, 6) is 1.07. The van der Waals surface area contributed by atoms with Crippen LogP contribution in [0.3, 0.4) is 0 Å². The van der Waals surface area contributed by atoms with Crippen molar-refractivity contribution < 1.29 is 0 Å². The maximum Gasteiger partial charge on any atom is 0.182 e. The number of nitrogens with zero attached hydrogens (tertiary/aromatic N) is 6. The van der Waals surface area contributed by atoms with Crippen molar-refractivity contribution in [1.29, 1.82) is 0 Å². The summed E-state index contributed by atoms with van der Waals surface area (Å²) in [5, 5.41) is 18.1. The van der Waals surface area contributed by atoms with Crippen LogP contribution in [-0.4, -0.2) is 35.9 Å². The molecule has 0 fully saturated rings. The molecule has 0 saturated carbocycles. The third-order valence-corrected chi connectivity index (χ3v) is 3.98. The van der Waals surface area contributed by atoms with E-state index >= 15 is 0 Å². The molecule has 7 nitrogen and oxygen atoms in total. The summed E-state index contributed by atoms with van der Waals surface area (Å²) in [6.45, 7) is 2.97. The second-order valence-corrected chi connectivity index (χ2v) is 5.38. The van der Waals surface area contributed by atoms with Gasteiger partial charge in [0, 0.05) is 32.4 Å². The highest BCUT2D eigenvalue weighted by molar-refractivity contribution is 5.90. The first-order valence-corrected chi connectivity index (χ1v) is 6.79. The molecule has 4 rings (SSSR count). The van der Waals surface area contributed by atoms with Gasteiger partial charge in [-0.05, 0) is 13.3 Å². The number of anilines is 1. The Bertz CT molecular complexity index is 791. The molecule has 7 heteroatoms. The van der Waals surface area contributed by atoms with Crippen molar-refractivity contribution in [2.45, 2.75) is 19.4 Å². The standard InChI is InChI=1S/C13H17N7/c1-8-11-12-14-5-4-10(9-6-15-18(2)7-9)20(12)17-13(11)19(3)16-8/h6-7,10,14H,4-5H2,1-3H3. The lowest BCUT2D eigenvalue weighted by molar-refractivity contribution is 0.482. The molecule has 104 valence electrons. The van der Waals surface area contributed by atoms with E-state index in [1.54, 1.807) is 0 Å². The first kappa shape index (κ1) is 11.5. The van der Waals surface area contributed by atoms with Crippen molar-refractivity contribution in [3.8, 4) is 0 Å². The molecule has 0 radical (unpaired) electrons. The van der Waals surface area contributed by atoms with Crippen LogP contribution >= 0.6 is 0 Å². The predicted molar refractivity (Wildman–Crippen MR) is 75.7 cm³/mol. The Balaban J connectivity index is 1.93. The second kappa shape index (κ2) is 3.84. The minimum absolute atomic E-state index is 0.242. The van der Waals surface area contributed by atoms with E-state index in [4.69, 9.17) is 5.10 Å². The van der Waals surface area contributed by atoms with E-state index in [0.717, 1.165) is 35.5 Å². The lowest BCUT2D eigenvalue weighted by Gasteiger charge is -2.25. The third-order valence-electron chi connectivity index (χ3n) is 3.98. The molecule has 3 aromatic rings. The molecule has 1 N–H and O–H groups in total. The topological polar surface area (TPSA) is 65.5 Å². The van der Waals surface area contributed by atoms with Crippen molar-refractivity contribution in [2.24, 2.45) is 14.1 Å². The van der Waals surface area contributed by atoms with Crippen molar-refractivity contribution in [1.82, 2.24) is 29.3 Å². The first-order valence-electron chi connectivity index (χ1n) is 6.79. The van der Waals surface area contributed by atoms with Gasteiger partial charge in [0.1, 0.15) is 5.82 Å². The smallest absolute Gasteiger partial charge is 0.182 e. The number of aromatic nitrogens is 6. The van der Waals surface area contributed by atoms with Crippen LogP contribution < -0.4 is 5.32 Å². The molecule has 0 aromatic carbocycles. The zero-order valence-corrected chi connectivity index (χ0v) is 11.8. The molecule has 1 unspecified atom stereocenters. The van der Waals surface area contributed by atoms with Crippen molar-refractivity contribution >= 4 is 16.9 Å². The molecule has 0 spiro atoms. The van der Waals surface area contributed by atoms with Gasteiger partial charge in [0.2, 0.25) is 0 Å². The number of hydrogen-bond acceptors (Lipinski definition) is 4. The molecule has 0 bridgehead atoms. The minimum atomic E-state index is 0.242. The fourth-order valence-electron chi connectivity index (χ4n) is 3.07. The van der Waals surface area contributed by atoms with Gasteiger partial charge >= 0.3 is 0 Å². The Hall–Kier alpha value is -2.31.